The van der Waals surface area contributed by atoms with Crippen LogP contribution in [0.2, 0.25) is 5.15 Å². The largest absolute Gasteiger partial charge is 0.269 e. The Bertz CT molecular complexity index is 693. The zero-order chi connectivity index (χ0) is 13.8. The first-order valence-corrected chi connectivity index (χ1v) is 7.57. The number of nitro benzene ring substituents is 1. The van der Waals surface area contributed by atoms with E-state index in [9.17, 15) is 10.1 Å². The van der Waals surface area contributed by atoms with Crippen LogP contribution < -0.4 is 4.67 Å². The van der Waals surface area contributed by atoms with Crippen LogP contribution in [0.15, 0.2) is 34.5 Å². The van der Waals surface area contributed by atoms with Gasteiger partial charge in [-0.15, -0.1) is 10.2 Å². The zero-order valence-electron chi connectivity index (χ0n) is 8.99. The molecule has 1 aromatic heterocycles. The lowest BCUT2D eigenvalue weighted by atomic mass is 10.2. The van der Waals surface area contributed by atoms with Gasteiger partial charge in [0.05, 0.1) is 4.92 Å². The van der Waals surface area contributed by atoms with Crippen molar-refractivity contribution in [2.75, 3.05) is 0 Å². The second-order valence-electron chi connectivity index (χ2n) is 3.14. The summed E-state index contributed by atoms with van der Waals surface area (Å²) >= 11 is 11.7. The molecule has 0 aliphatic rings. The van der Waals surface area contributed by atoms with Gasteiger partial charge in [0.1, 0.15) is 0 Å². The molecule has 98 valence electrons. The van der Waals surface area contributed by atoms with Gasteiger partial charge in [-0.25, -0.2) is 0 Å². The quantitative estimate of drug-likeness (QED) is 0.374. The topological polar surface area (TPSA) is 80.8 Å². The van der Waals surface area contributed by atoms with Crippen LogP contribution in [0.5, 0.6) is 0 Å². The Hall–Kier alpha value is -1.35. The first-order chi connectivity index (χ1) is 9.08. The maximum Gasteiger partial charge on any atom is 0.269 e. The molecule has 0 N–H and O–H groups in total. The van der Waals surface area contributed by atoms with Gasteiger partial charge in [0, 0.05) is 28.2 Å². The minimum absolute atomic E-state index is 0.0162. The third-order valence-electron chi connectivity index (χ3n) is 1.96. The van der Waals surface area contributed by atoms with Crippen LogP contribution in [0.3, 0.4) is 0 Å². The van der Waals surface area contributed by atoms with Crippen LogP contribution in [-0.4, -0.2) is 14.5 Å². The summed E-state index contributed by atoms with van der Waals surface area (Å²) in [5.74, 6) is 0. The molecule has 0 unspecified atom stereocenters. The molecule has 6 nitrogen and oxygen atoms in total. The molecule has 0 saturated heterocycles. The van der Waals surface area contributed by atoms with E-state index < -0.39 is 4.92 Å². The highest BCUT2D eigenvalue weighted by atomic mass is 35.5. The smallest absolute Gasteiger partial charge is 0.258 e. The molecule has 0 spiro atoms. The maximum atomic E-state index is 10.5. The Balaban J connectivity index is 2.27. The standard InChI is InChI=1S/C9H4Cl2N4O2S2/c10-7(12-13-9-8(11)14-19-18-9)5-1-3-6(4-2-5)15(16)17/h1-4H/b12-7-,13-9-. The molecule has 19 heavy (non-hydrogen) atoms. The van der Waals surface area contributed by atoms with Gasteiger partial charge >= 0.3 is 0 Å². The van der Waals surface area contributed by atoms with Crippen LogP contribution in [0.4, 0.5) is 5.69 Å². The summed E-state index contributed by atoms with van der Waals surface area (Å²) in [5, 5.41) is 18.5. The highest BCUT2D eigenvalue weighted by Crippen LogP contribution is 2.14. The molecule has 0 aliphatic carbocycles. The second kappa shape index (κ2) is 6.20. The zero-order valence-corrected chi connectivity index (χ0v) is 12.1. The molecule has 2 aromatic rings. The molecule has 0 atom stereocenters. The van der Waals surface area contributed by atoms with Gasteiger partial charge in [-0.05, 0) is 22.5 Å². The highest BCUT2D eigenvalue weighted by Gasteiger charge is 2.06. The van der Waals surface area contributed by atoms with E-state index in [4.69, 9.17) is 23.2 Å². The van der Waals surface area contributed by atoms with E-state index in [1.54, 1.807) is 0 Å². The predicted molar refractivity (Wildman–Crippen MR) is 76.1 cm³/mol. The molecular weight excluding hydrogens is 331 g/mol. The SMILES string of the molecule is O=[N+]([O-])c1ccc(/C(Cl)=N/N=c2\ssnc2Cl)cc1. The summed E-state index contributed by atoms with van der Waals surface area (Å²) in [6, 6.07) is 5.68. The van der Waals surface area contributed by atoms with Gasteiger partial charge in [0.2, 0.25) is 0 Å². The molecule has 0 fully saturated rings. The number of nitro groups is 1. The van der Waals surface area contributed by atoms with Gasteiger partial charge in [0.15, 0.2) is 15.0 Å². The summed E-state index contributed by atoms with van der Waals surface area (Å²) in [5.41, 5.74) is 0.512. The van der Waals surface area contributed by atoms with Crippen LogP contribution in [0.25, 0.3) is 0 Å². The molecule has 2 rings (SSSR count). The van der Waals surface area contributed by atoms with Gasteiger partial charge in [-0.3, -0.25) is 10.1 Å². The first-order valence-electron chi connectivity index (χ1n) is 4.71. The number of aromatic nitrogens is 1. The monoisotopic (exact) mass is 334 g/mol. The first kappa shape index (κ1) is 14.1. The predicted octanol–water partition coefficient (Wildman–Crippen LogP) is 3.27. The lowest BCUT2D eigenvalue weighted by Crippen LogP contribution is -1.96. The van der Waals surface area contributed by atoms with E-state index in [2.05, 4.69) is 14.6 Å². The Morgan fingerprint density at radius 2 is 2.05 bits per heavy atom. The van der Waals surface area contributed by atoms with Gasteiger partial charge < -0.3 is 0 Å². The number of hydrogen-bond donors (Lipinski definition) is 0. The van der Waals surface area contributed by atoms with E-state index in [0.29, 0.717) is 10.2 Å². The number of benzene rings is 1. The number of hydrogen-bond acceptors (Lipinski definition) is 7. The number of non-ortho nitro benzene ring substituents is 1. The van der Waals surface area contributed by atoms with Crippen molar-refractivity contribution in [2.45, 2.75) is 0 Å². The number of halogens is 2. The summed E-state index contributed by atoms with van der Waals surface area (Å²) in [4.78, 5) is 10.0. The molecule has 0 radical (unpaired) electrons. The second-order valence-corrected chi connectivity index (χ2v) is 5.69. The van der Waals surface area contributed by atoms with Crippen molar-refractivity contribution in [3.8, 4) is 0 Å². The van der Waals surface area contributed by atoms with Crippen LogP contribution in [0.1, 0.15) is 5.56 Å². The van der Waals surface area contributed by atoms with Crippen LogP contribution in [-0.2, 0) is 0 Å². The average Bonchev–Trinajstić information content (AvgIpc) is 2.81. The molecule has 0 bridgehead atoms. The Morgan fingerprint density at radius 3 is 2.58 bits per heavy atom. The average molecular weight is 335 g/mol. The normalized spacial score (nSPS) is 12.7. The molecule has 0 saturated carbocycles. The van der Waals surface area contributed by atoms with Gasteiger partial charge in [-0.2, -0.15) is 4.37 Å². The number of nitrogens with zero attached hydrogens (tertiary/aromatic N) is 4. The molecule has 1 aromatic carbocycles. The fourth-order valence-electron chi connectivity index (χ4n) is 1.09. The maximum absolute atomic E-state index is 10.5. The highest BCUT2D eigenvalue weighted by molar-refractivity contribution is 7.66. The Labute approximate surface area is 124 Å². The van der Waals surface area contributed by atoms with Crippen molar-refractivity contribution in [1.82, 2.24) is 4.37 Å². The van der Waals surface area contributed by atoms with E-state index in [0.717, 1.165) is 0 Å². The molecule has 0 amide bonds. The van der Waals surface area contributed by atoms with E-state index in [-0.39, 0.29) is 16.0 Å². The van der Waals surface area contributed by atoms with Crippen molar-refractivity contribution in [3.05, 3.63) is 49.8 Å². The number of rotatable bonds is 3. The van der Waals surface area contributed by atoms with Gasteiger partial charge in [-0.1, -0.05) is 23.2 Å². The minimum atomic E-state index is -0.488. The van der Waals surface area contributed by atoms with Crippen molar-refractivity contribution >= 4 is 54.9 Å². The molecular formula is C9H4Cl2N4O2S2. The van der Waals surface area contributed by atoms with Crippen LogP contribution >= 0.6 is 44.1 Å². The Kier molecular flexibility index (Phi) is 4.59. The lowest BCUT2D eigenvalue weighted by molar-refractivity contribution is -0.384. The summed E-state index contributed by atoms with van der Waals surface area (Å²) in [6.07, 6.45) is 0. The molecule has 1 heterocycles. The summed E-state index contributed by atoms with van der Waals surface area (Å²) in [7, 11) is 2.47. The summed E-state index contributed by atoms with van der Waals surface area (Å²) in [6.45, 7) is 0. The third-order valence-corrected chi connectivity index (χ3v) is 4.41. The van der Waals surface area contributed by atoms with Crippen molar-refractivity contribution in [3.63, 3.8) is 0 Å². The summed E-state index contributed by atoms with van der Waals surface area (Å²) < 4.78 is 4.31. The van der Waals surface area contributed by atoms with Gasteiger partial charge in [0.25, 0.3) is 5.69 Å². The van der Waals surface area contributed by atoms with E-state index >= 15 is 0 Å². The van der Waals surface area contributed by atoms with Crippen molar-refractivity contribution in [1.29, 1.82) is 0 Å². The fraction of sp³-hybridized carbons (Fsp3) is 0. The van der Waals surface area contributed by atoms with Crippen molar-refractivity contribution < 1.29 is 4.92 Å². The Morgan fingerprint density at radius 1 is 1.37 bits per heavy atom. The third kappa shape index (κ3) is 3.57. The fourth-order valence-corrected chi connectivity index (χ4v) is 3.16. The van der Waals surface area contributed by atoms with E-state index in [1.165, 1.54) is 45.1 Å². The lowest BCUT2D eigenvalue weighted by Gasteiger charge is -1.95. The van der Waals surface area contributed by atoms with E-state index in [1.807, 2.05) is 0 Å². The minimum Gasteiger partial charge on any atom is -0.258 e. The molecule has 10 heteroatoms. The van der Waals surface area contributed by atoms with Crippen molar-refractivity contribution in [2.24, 2.45) is 10.2 Å². The molecule has 0 aliphatic heterocycles. The van der Waals surface area contributed by atoms with Crippen LogP contribution in [0, 0.1) is 10.1 Å².